The molecular weight excluding hydrogens is 294 g/mol. The third-order valence-corrected chi connectivity index (χ3v) is 3.95. The van der Waals surface area contributed by atoms with Crippen LogP contribution in [-0.2, 0) is 11.8 Å². The van der Waals surface area contributed by atoms with Crippen molar-refractivity contribution in [1.29, 1.82) is 0 Å². The molecule has 0 saturated carbocycles. The number of carbonyl (C=O) groups excluding carboxylic acids is 1. The van der Waals surface area contributed by atoms with E-state index >= 15 is 0 Å². The second-order valence-corrected chi connectivity index (χ2v) is 6.00. The summed E-state index contributed by atoms with van der Waals surface area (Å²) in [6.07, 6.45) is 0.456. The third kappa shape index (κ3) is 4.28. The molecule has 6 heteroatoms. The van der Waals surface area contributed by atoms with E-state index in [1.54, 1.807) is 16.4 Å². The van der Waals surface area contributed by atoms with Crippen LogP contribution in [0.2, 0.25) is 5.02 Å². The first kappa shape index (κ1) is 14.9. The largest absolute Gasteiger partial charge is 0.311 e. The number of halogens is 1. The van der Waals surface area contributed by atoms with E-state index in [0.29, 0.717) is 6.42 Å². The van der Waals surface area contributed by atoms with Crippen molar-refractivity contribution in [2.45, 2.75) is 18.2 Å². The Labute approximate surface area is 127 Å². The van der Waals surface area contributed by atoms with Crippen LogP contribution in [0.4, 0.5) is 5.82 Å². The molecular formula is C14H16ClN3OS. The van der Waals surface area contributed by atoms with Crippen molar-refractivity contribution in [2.75, 3.05) is 11.1 Å². The number of nitrogens with one attached hydrogen (secondary N) is 1. The second kappa shape index (κ2) is 6.81. The molecule has 2 rings (SSSR count). The van der Waals surface area contributed by atoms with Crippen LogP contribution in [0.15, 0.2) is 35.2 Å². The van der Waals surface area contributed by atoms with Crippen molar-refractivity contribution < 1.29 is 4.79 Å². The number of aryl methyl sites for hydroxylation is 2. The van der Waals surface area contributed by atoms with Crippen LogP contribution in [0.3, 0.4) is 0 Å². The summed E-state index contributed by atoms with van der Waals surface area (Å²) >= 11 is 7.46. The zero-order chi connectivity index (χ0) is 14.5. The Hall–Kier alpha value is -1.46. The van der Waals surface area contributed by atoms with E-state index in [1.165, 1.54) is 0 Å². The van der Waals surface area contributed by atoms with E-state index in [-0.39, 0.29) is 5.91 Å². The van der Waals surface area contributed by atoms with Crippen molar-refractivity contribution in [1.82, 2.24) is 9.78 Å². The lowest BCUT2D eigenvalue weighted by Gasteiger charge is -2.05. The lowest BCUT2D eigenvalue weighted by atomic mass is 10.4. The molecule has 0 aliphatic rings. The van der Waals surface area contributed by atoms with Crippen LogP contribution >= 0.6 is 23.4 Å². The van der Waals surface area contributed by atoms with Gasteiger partial charge in [-0.25, -0.2) is 0 Å². The smallest absolute Gasteiger partial charge is 0.226 e. The van der Waals surface area contributed by atoms with Crippen LogP contribution in [0, 0.1) is 6.92 Å². The first-order chi connectivity index (χ1) is 9.54. The zero-order valence-corrected chi connectivity index (χ0v) is 13.0. The van der Waals surface area contributed by atoms with Gasteiger partial charge in [-0.2, -0.15) is 5.10 Å². The molecule has 0 unspecified atom stereocenters. The average molecular weight is 310 g/mol. The number of benzene rings is 1. The van der Waals surface area contributed by atoms with Gasteiger partial charge in [0, 0.05) is 35.2 Å². The highest BCUT2D eigenvalue weighted by molar-refractivity contribution is 7.99. The molecule has 20 heavy (non-hydrogen) atoms. The van der Waals surface area contributed by atoms with Gasteiger partial charge in [0.2, 0.25) is 5.91 Å². The first-order valence-electron chi connectivity index (χ1n) is 6.23. The summed E-state index contributed by atoms with van der Waals surface area (Å²) < 4.78 is 1.67. The van der Waals surface area contributed by atoms with Gasteiger partial charge in [-0.3, -0.25) is 9.48 Å². The summed E-state index contributed by atoms with van der Waals surface area (Å²) in [7, 11) is 1.81. The standard InChI is InChI=1S/C14H16ClN3OS/c1-10-9-13(18(2)17-10)16-14(19)7-8-20-12-5-3-11(15)4-6-12/h3-6,9H,7-8H2,1-2H3,(H,16,19). The lowest BCUT2D eigenvalue weighted by Crippen LogP contribution is -2.14. The minimum absolute atomic E-state index is 0.00513. The Morgan fingerprint density at radius 1 is 1.40 bits per heavy atom. The summed E-state index contributed by atoms with van der Waals surface area (Å²) in [6, 6.07) is 9.46. The monoisotopic (exact) mass is 309 g/mol. The van der Waals surface area contributed by atoms with E-state index in [2.05, 4.69) is 10.4 Å². The highest BCUT2D eigenvalue weighted by atomic mass is 35.5. The fourth-order valence-electron chi connectivity index (χ4n) is 1.73. The molecule has 0 spiro atoms. The van der Waals surface area contributed by atoms with Crippen LogP contribution in [0.25, 0.3) is 0 Å². The third-order valence-electron chi connectivity index (χ3n) is 2.68. The molecule has 0 atom stereocenters. The number of hydrogen-bond acceptors (Lipinski definition) is 3. The number of nitrogens with zero attached hydrogens (tertiary/aromatic N) is 2. The fraction of sp³-hybridized carbons (Fsp3) is 0.286. The van der Waals surface area contributed by atoms with Gasteiger partial charge < -0.3 is 5.32 Å². The molecule has 0 fully saturated rings. The number of hydrogen-bond donors (Lipinski definition) is 1. The highest BCUT2D eigenvalue weighted by Gasteiger charge is 2.07. The number of amides is 1. The molecule has 2 aromatic rings. The molecule has 106 valence electrons. The van der Waals surface area contributed by atoms with Crippen molar-refractivity contribution in [2.24, 2.45) is 7.05 Å². The molecule has 1 aromatic heterocycles. The fourth-order valence-corrected chi connectivity index (χ4v) is 2.70. The summed E-state index contributed by atoms with van der Waals surface area (Å²) in [5, 5.41) is 7.76. The molecule has 1 heterocycles. The maximum absolute atomic E-state index is 11.8. The van der Waals surface area contributed by atoms with E-state index in [0.717, 1.165) is 27.2 Å². The van der Waals surface area contributed by atoms with Gasteiger partial charge in [-0.15, -0.1) is 11.8 Å². The van der Waals surface area contributed by atoms with E-state index in [9.17, 15) is 4.79 Å². The van der Waals surface area contributed by atoms with Crippen molar-refractivity contribution in [3.8, 4) is 0 Å². The minimum atomic E-state index is -0.00513. The molecule has 0 aliphatic carbocycles. The van der Waals surface area contributed by atoms with Gasteiger partial charge >= 0.3 is 0 Å². The average Bonchev–Trinajstić information content (AvgIpc) is 2.70. The van der Waals surface area contributed by atoms with Crippen LogP contribution in [0.1, 0.15) is 12.1 Å². The maximum Gasteiger partial charge on any atom is 0.226 e. The molecule has 0 saturated heterocycles. The highest BCUT2D eigenvalue weighted by Crippen LogP contribution is 2.21. The Kier molecular flexibility index (Phi) is 5.09. The van der Waals surface area contributed by atoms with Crippen molar-refractivity contribution >= 4 is 35.1 Å². The Balaban J connectivity index is 1.78. The first-order valence-corrected chi connectivity index (χ1v) is 7.60. The number of thioether (sulfide) groups is 1. The predicted molar refractivity (Wildman–Crippen MR) is 83.4 cm³/mol. The van der Waals surface area contributed by atoms with Gasteiger partial charge in [0.25, 0.3) is 0 Å². The predicted octanol–water partition coefficient (Wildman–Crippen LogP) is 3.50. The van der Waals surface area contributed by atoms with Gasteiger partial charge in [0.1, 0.15) is 5.82 Å². The quantitative estimate of drug-likeness (QED) is 0.860. The molecule has 1 amide bonds. The Bertz CT molecular complexity index is 595. The number of aromatic nitrogens is 2. The van der Waals surface area contributed by atoms with E-state index in [1.807, 2.05) is 44.3 Å². The van der Waals surface area contributed by atoms with E-state index in [4.69, 9.17) is 11.6 Å². The molecule has 1 N–H and O–H groups in total. The summed E-state index contributed by atoms with van der Waals surface area (Å²) in [5.74, 6) is 1.45. The SMILES string of the molecule is Cc1cc(NC(=O)CCSc2ccc(Cl)cc2)n(C)n1. The Morgan fingerprint density at radius 2 is 2.10 bits per heavy atom. The van der Waals surface area contributed by atoms with E-state index < -0.39 is 0 Å². The molecule has 1 aromatic carbocycles. The second-order valence-electron chi connectivity index (χ2n) is 4.40. The van der Waals surface area contributed by atoms with Gasteiger partial charge in [0.15, 0.2) is 0 Å². The normalized spacial score (nSPS) is 10.6. The maximum atomic E-state index is 11.8. The number of carbonyl (C=O) groups is 1. The molecule has 0 aliphatic heterocycles. The topological polar surface area (TPSA) is 46.9 Å². The number of anilines is 1. The summed E-state index contributed by atoms with van der Waals surface area (Å²) in [5.41, 5.74) is 0.887. The number of rotatable bonds is 5. The minimum Gasteiger partial charge on any atom is -0.311 e. The lowest BCUT2D eigenvalue weighted by molar-refractivity contribution is -0.115. The molecule has 4 nitrogen and oxygen atoms in total. The van der Waals surface area contributed by atoms with Crippen molar-refractivity contribution in [3.63, 3.8) is 0 Å². The van der Waals surface area contributed by atoms with Crippen LogP contribution < -0.4 is 5.32 Å². The molecule has 0 bridgehead atoms. The van der Waals surface area contributed by atoms with Gasteiger partial charge in [-0.1, -0.05) is 11.6 Å². The molecule has 0 radical (unpaired) electrons. The Morgan fingerprint density at radius 3 is 2.70 bits per heavy atom. The summed E-state index contributed by atoms with van der Waals surface area (Å²) in [4.78, 5) is 12.9. The van der Waals surface area contributed by atoms with Crippen LogP contribution in [0.5, 0.6) is 0 Å². The van der Waals surface area contributed by atoms with Gasteiger partial charge in [-0.05, 0) is 31.2 Å². The zero-order valence-electron chi connectivity index (χ0n) is 11.4. The van der Waals surface area contributed by atoms with Crippen molar-refractivity contribution in [3.05, 3.63) is 41.0 Å². The van der Waals surface area contributed by atoms with Crippen LogP contribution in [-0.4, -0.2) is 21.4 Å². The van der Waals surface area contributed by atoms with Gasteiger partial charge in [0.05, 0.1) is 5.69 Å². The summed E-state index contributed by atoms with van der Waals surface area (Å²) in [6.45, 7) is 1.89.